The Morgan fingerprint density at radius 1 is 1.40 bits per heavy atom. The number of halogens is 1. The maximum absolute atomic E-state index is 11.3. The van der Waals surface area contributed by atoms with Crippen molar-refractivity contribution >= 4 is 39.1 Å². The van der Waals surface area contributed by atoms with E-state index in [-0.39, 0.29) is 5.91 Å². The normalized spacial score (nSPS) is 11.3. The predicted molar refractivity (Wildman–Crippen MR) is 82.3 cm³/mol. The Morgan fingerprint density at radius 2 is 2.10 bits per heavy atom. The Bertz CT molecular complexity index is 655. The molecule has 0 unspecified atom stereocenters. The lowest BCUT2D eigenvalue weighted by Crippen LogP contribution is -2.33. The standard InChI is InChI=1S/C13H17ClN4OS/c1-7-8(2)20-13-11(7)12(14)16-9(17-13)5-18(4)6-10(19)15-3/h5-6H2,1-4H3,(H,15,19). The van der Waals surface area contributed by atoms with Gasteiger partial charge in [0.05, 0.1) is 18.5 Å². The number of rotatable bonds is 4. The first kappa shape index (κ1) is 15.2. The number of aromatic nitrogens is 2. The molecule has 2 aromatic heterocycles. The molecule has 108 valence electrons. The fraction of sp³-hybridized carbons (Fsp3) is 0.462. The molecule has 0 bridgehead atoms. The van der Waals surface area contributed by atoms with Gasteiger partial charge in [-0.25, -0.2) is 9.97 Å². The fourth-order valence-corrected chi connectivity index (χ4v) is 3.37. The molecular formula is C13H17ClN4OS. The second-order valence-corrected chi connectivity index (χ2v) is 6.30. The van der Waals surface area contributed by atoms with Crippen molar-refractivity contribution in [2.75, 3.05) is 20.6 Å². The highest BCUT2D eigenvalue weighted by molar-refractivity contribution is 7.18. The van der Waals surface area contributed by atoms with Gasteiger partial charge in [-0.05, 0) is 26.5 Å². The van der Waals surface area contributed by atoms with Crippen molar-refractivity contribution in [1.82, 2.24) is 20.2 Å². The second kappa shape index (κ2) is 6.03. The van der Waals surface area contributed by atoms with E-state index >= 15 is 0 Å². The summed E-state index contributed by atoms with van der Waals surface area (Å²) in [4.78, 5) is 24.2. The summed E-state index contributed by atoms with van der Waals surface area (Å²) in [5.74, 6) is 0.595. The van der Waals surface area contributed by atoms with E-state index in [1.165, 1.54) is 4.88 Å². The molecule has 2 aromatic rings. The van der Waals surface area contributed by atoms with Crippen LogP contribution in [0.3, 0.4) is 0 Å². The Balaban J connectivity index is 2.26. The molecule has 2 heterocycles. The zero-order valence-electron chi connectivity index (χ0n) is 12.0. The molecule has 0 aromatic carbocycles. The summed E-state index contributed by atoms with van der Waals surface area (Å²) in [6.45, 7) is 4.87. The van der Waals surface area contributed by atoms with Crippen molar-refractivity contribution in [2.24, 2.45) is 0 Å². The molecule has 0 fully saturated rings. The van der Waals surface area contributed by atoms with E-state index in [0.29, 0.717) is 24.1 Å². The van der Waals surface area contributed by atoms with Crippen LogP contribution in [-0.4, -0.2) is 41.4 Å². The van der Waals surface area contributed by atoms with Gasteiger partial charge in [0, 0.05) is 11.9 Å². The highest BCUT2D eigenvalue weighted by Crippen LogP contribution is 2.32. The Kier molecular flexibility index (Phi) is 4.57. The van der Waals surface area contributed by atoms with Gasteiger partial charge >= 0.3 is 0 Å². The summed E-state index contributed by atoms with van der Waals surface area (Å²) in [6.07, 6.45) is 0. The monoisotopic (exact) mass is 312 g/mol. The van der Waals surface area contributed by atoms with E-state index in [1.54, 1.807) is 18.4 Å². The van der Waals surface area contributed by atoms with E-state index in [4.69, 9.17) is 11.6 Å². The van der Waals surface area contributed by atoms with Gasteiger partial charge < -0.3 is 5.32 Å². The Labute approximate surface area is 127 Å². The number of hydrogen-bond acceptors (Lipinski definition) is 5. The van der Waals surface area contributed by atoms with Crippen LogP contribution in [0.25, 0.3) is 10.2 Å². The van der Waals surface area contributed by atoms with Gasteiger partial charge in [-0.2, -0.15) is 0 Å². The SMILES string of the molecule is CNC(=O)CN(C)Cc1nc(Cl)c2c(C)c(C)sc2n1. The lowest BCUT2D eigenvalue weighted by Gasteiger charge is -2.14. The van der Waals surface area contributed by atoms with Crippen molar-refractivity contribution in [3.8, 4) is 0 Å². The number of nitrogens with zero attached hydrogens (tertiary/aromatic N) is 3. The second-order valence-electron chi connectivity index (χ2n) is 4.74. The maximum atomic E-state index is 11.3. The van der Waals surface area contributed by atoms with E-state index in [1.807, 2.05) is 18.9 Å². The largest absolute Gasteiger partial charge is 0.358 e. The molecule has 2 rings (SSSR count). The van der Waals surface area contributed by atoms with Crippen molar-refractivity contribution in [3.63, 3.8) is 0 Å². The van der Waals surface area contributed by atoms with Gasteiger partial charge in [0.25, 0.3) is 0 Å². The number of likely N-dealkylation sites (N-methyl/N-ethyl adjacent to an activating group) is 2. The van der Waals surface area contributed by atoms with E-state index in [9.17, 15) is 4.79 Å². The molecule has 0 atom stereocenters. The number of aryl methyl sites for hydroxylation is 2. The average Bonchev–Trinajstić information content (AvgIpc) is 2.64. The summed E-state index contributed by atoms with van der Waals surface area (Å²) in [6, 6.07) is 0. The quantitative estimate of drug-likeness (QED) is 0.879. The topological polar surface area (TPSA) is 58.1 Å². The first-order valence-electron chi connectivity index (χ1n) is 6.23. The summed E-state index contributed by atoms with van der Waals surface area (Å²) >= 11 is 7.87. The lowest BCUT2D eigenvalue weighted by molar-refractivity contribution is -0.121. The van der Waals surface area contributed by atoms with Gasteiger partial charge in [-0.1, -0.05) is 11.6 Å². The smallest absolute Gasteiger partial charge is 0.233 e. The molecule has 0 spiro atoms. The number of carbonyl (C=O) groups excluding carboxylic acids is 1. The van der Waals surface area contributed by atoms with Crippen molar-refractivity contribution in [2.45, 2.75) is 20.4 Å². The van der Waals surface area contributed by atoms with E-state index < -0.39 is 0 Å². The highest BCUT2D eigenvalue weighted by Gasteiger charge is 2.14. The van der Waals surface area contributed by atoms with Crippen LogP contribution in [0.2, 0.25) is 5.15 Å². The summed E-state index contributed by atoms with van der Waals surface area (Å²) < 4.78 is 0. The third kappa shape index (κ3) is 3.08. The average molecular weight is 313 g/mol. The number of carbonyl (C=O) groups is 1. The van der Waals surface area contributed by atoms with Gasteiger partial charge in [-0.3, -0.25) is 9.69 Å². The van der Waals surface area contributed by atoms with Crippen LogP contribution in [0, 0.1) is 13.8 Å². The zero-order chi connectivity index (χ0) is 14.9. The van der Waals surface area contributed by atoms with Gasteiger partial charge in [-0.15, -0.1) is 11.3 Å². The van der Waals surface area contributed by atoms with Crippen LogP contribution in [0.5, 0.6) is 0 Å². The zero-order valence-corrected chi connectivity index (χ0v) is 13.5. The molecule has 7 heteroatoms. The highest BCUT2D eigenvalue weighted by atomic mass is 35.5. The molecule has 0 radical (unpaired) electrons. The number of amides is 1. The van der Waals surface area contributed by atoms with E-state index in [0.717, 1.165) is 15.8 Å². The molecule has 0 aliphatic carbocycles. The minimum atomic E-state index is -0.0394. The van der Waals surface area contributed by atoms with Gasteiger partial charge in [0.2, 0.25) is 5.91 Å². The number of nitrogens with one attached hydrogen (secondary N) is 1. The summed E-state index contributed by atoms with van der Waals surface area (Å²) in [5, 5.41) is 4.01. The van der Waals surface area contributed by atoms with Crippen LogP contribution < -0.4 is 5.32 Å². The maximum Gasteiger partial charge on any atom is 0.233 e. The molecule has 0 aliphatic heterocycles. The lowest BCUT2D eigenvalue weighted by atomic mass is 10.2. The first-order chi connectivity index (χ1) is 9.42. The fourth-order valence-electron chi connectivity index (χ4n) is 1.93. The summed E-state index contributed by atoms with van der Waals surface area (Å²) in [5.41, 5.74) is 1.14. The first-order valence-corrected chi connectivity index (χ1v) is 7.43. The third-order valence-corrected chi connectivity index (χ3v) is 4.51. The van der Waals surface area contributed by atoms with Crippen molar-refractivity contribution in [1.29, 1.82) is 0 Å². The molecule has 1 N–H and O–H groups in total. The number of hydrogen-bond donors (Lipinski definition) is 1. The van der Waals surface area contributed by atoms with Crippen molar-refractivity contribution in [3.05, 3.63) is 21.4 Å². The van der Waals surface area contributed by atoms with Crippen LogP contribution in [-0.2, 0) is 11.3 Å². The van der Waals surface area contributed by atoms with Crippen LogP contribution in [0.1, 0.15) is 16.3 Å². The van der Waals surface area contributed by atoms with Crippen LogP contribution >= 0.6 is 22.9 Å². The molecule has 20 heavy (non-hydrogen) atoms. The minimum Gasteiger partial charge on any atom is -0.358 e. The molecule has 5 nitrogen and oxygen atoms in total. The number of thiophene rings is 1. The van der Waals surface area contributed by atoms with Crippen molar-refractivity contribution < 1.29 is 4.79 Å². The Morgan fingerprint density at radius 3 is 2.75 bits per heavy atom. The number of fused-ring (bicyclic) bond motifs is 1. The van der Waals surface area contributed by atoms with Crippen LogP contribution in [0.4, 0.5) is 0 Å². The Hall–Kier alpha value is -1.24. The van der Waals surface area contributed by atoms with Gasteiger partial charge in [0.1, 0.15) is 15.8 Å². The molecule has 1 amide bonds. The van der Waals surface area contributed by atoms with E-state index in [2.05, 4.69) is 22.2 Å². The molecular weight excluding hydrogens is 296 g/mol. The van der Waals surface area contributed by atoms with Gasteiger partial charge in [0.15, 0.2) is 0 Å². The predicted octanol–water partition coefficient (Wildman–Crippen LogP) is 2.14. The molecule has 0 aliphatic rings. The third-order valence-electron chi connectivity index (χ3n) is 3.13. The molecule has 0 saturated carbocycles. The van der Waals surface area contributed by atoms with Crippen LogP contribution in [0.15, 0.2) is 0 Å². The molecule has 0 saturated heterocycles. The minimum absolute atomic E-state index is 0.0394. The summed E-state index contributed by atoms with van der Waals surface area (Å²) in [7, 11) is 3.47.